The van der Waals surface area contributed by atoms with E-state index in [1.165, 1.54) is 7.11 Å². The lowest BCUT2D eigenvalue weighted by molar-refractivity contribution is -0.153. The summed E-state index contributed by atoms with van der Waals surface area (Å²) in [5, 5.41) is 0. The van der Waals surface area contributed by atoms with Gasteiger partial charge < -0.3 is 9.47 Å². The number of carbonyl (C=O) groups excluding carboxylic acids is 2. The van der Waals surface area contributed by atoms with Gasteiger partial charge in [0.2, 0.25) is 0 Å². The van der Waals surface area contributed by atoms with Gasteiger partial charge in [0, 0.05) is 0 Å². The Balaban J connectivity index is 2.24. The van der Waals surface area contributed by atoms with Crippen LogP contribution in [-0.4, -0.2) is 31.1 Å². The molecule has 15 heavy (non-hydrogen) atoms. The molecule has 0 bridgehead atoms. The monoisotopic (exact) mass is 212 g/mol. The Labute approximate surface area is 88.9 Å². The molecule has 1 aliphatic carbocycles. The molecule has 0 N–H and O–H groups in total. The topological polar surface area (TPSA) is 52.6 Å². The van der Waals surface area contributed by atoms with Crippen molar-refractivity contribution in [3.8, 4) is 0 Å². The van der Waals surface area contributed by atoms with Crippen LogP contribution in [0.5, 0.6) is 0 Å². The molecule has 1 saturated carbocycles. The van der Waals surface area contributed by atoms with Crippen molar-refractivity contribution in [3.05, 3.63) is 0 Å². The minimum atomic E-state index is -0.688. The second-order valence-corrected chi connectivity index (χ2v) is 4.62. The Kier molecular flexibility index (Phi) is 2.54. The van der Waals surface area contributed by atoms with E-state index in [1.54, 1.807) is 0 Å². The Morgan fingerprint density at radius 2 is 2.33 bits per heavy atom. The molecule has 0 aromatic rings. The van der Waals surface area contributed by atoms with E-state index >= 15 is 0 Å². The van der Waals surface area contributed by atoms with Crippen LogP contribution in [0.3, 0.4) is 0 Å². The third-order valence-corrected chi connectivity index (χ3v) is 3.54. The summed E-state index contributed by atoms with van der Waals surface area (Å²) >= 11 is 0. The van der Waals surface area contributed by atoms with Crippen LogP contribution in [0.4, 0.5) is 0 Å². The van der Waals surface area contributed by atoms with Crippen LogP contribution in [-0.2, 0) is 19.1 Å². The fraction of sp³-hybridized carbons (Fsp3) is 0.818. The molecule has 0 aromatic heterocycles. The molecule has 0 radical (unpaired) electrons. The van der Waals surface area contributed by atoms with Crippen LogP contribution in [0.1, 0.15) is 26.2 Å². The van der Waals surface area contributed by atoms with Gasteiger partial charge in [-0.2, -0.15) is 0 Å². The van der Waals surface area contributed by atoms with Crippen LogP contribution in [0.15, 0.2) is 0 Å². The van der Waals surface area contributed by atoms with Crippen molar-refractivity contribution in [2.24, 2.45) is 11.8 Å². The third kappa shape index (κ3) is 1.57. The smallest absolute Gasteiger partial charge is 0.319 e. The molecule has 1 heterocycles. The summed E-state index contributed by atoms with van der Waals surface area (Å²) in [4.78, 5) is 23.2. The predicted molar refractivity (Wildman–Crippen MR) is 52.2 cm³/mol. The van der Waals surface area contributed by atoms with Gasteiger partial charge in [-0.25, -0.2) is 0 Å². The highest BCUT2D eigenvalue weighted by atomic mass is 16.5. The molecule has 4 heteroatoms. The van der Waals surface area contributed by atoms with Crippen LogP contribution in [0.2, 0.25) is 0 Å². The lowest BCUT2D eigenvalue weighted by Crippen LogP contribution is -2.40. The van der Waals surface area contributed by atoms with E-state index in [0.29, 0.717) is 5.92 Å². The second kappa shape index (κ2) is 3.59. The van der Waals surface area contributed by atoms with Gasteiger partial charge in [0.05, 0.1) is 12.7 Å². The normalized spacial score (nSPS) is 40.0. The summed E-state index contributed by atoms with van der Waals surface area (Å²) in [7, 11) is 1.32. The number of esters is 1. The van der Waals surface area contributed by atoms with E-state index in [2.05, 4.69) is 11.7 Å². The number of ether oxygens (including phenoxy) is 2. The van der Waals surface area contributed by atoms with Crippen molar-refractivity contribution >= 4 is 11.8 Å². The van der Waals surface area contributed by atoms with E-state index in [4.69, 9.17) is 4.74 Å². The maximum absolute atomic E-state index is 11.6. The summed E-state index contributed by atoms with van der Waals surface area (Å²) in [6.07, 6.45) is 2.60. The van der Waals surface area contributed by atoms with Crippen molar-refractivity contribution in [3.63, 3.8) is 0 Å². The highest BCUT2D eigenvalue weighted by Gasteiger charge is 2.56. The zero-order valence-electron chi connectivity index (χ0n) is 9.12. The van der Waals surface area contributed by atoms with Crippen LogP contribution < -0.4 is 0 Å². The molecule has 2 rings (SSSR count). The fourth-order valence-electron chi connectivity index (χ4n) is 2.82. The number of carbonyl (C=O) groups is 2. The number of rotatable bonds is 1. The van der Waals surface area contributed by atoms with Gasteiger partial charge in [0.15, 0.2) is 5.78 Å². The molecular weight excluding hydrogens is 196 g/mol. The first kappa shape index (κ1) is 10.6. The van der Waals surface area contributed by atoms with Gasteiger partial charge in [0.1, 0.15) is 12.5 Å². The zero-order valence-corrected chi connectivity index (χ0v) is 9.12. The molecule has 84 valence electrons. The Bertz CT molecular complexity index is 299. The maximum Gasteiger partial charge on any atom is 0.319 e. The number of ketones is 1. The molecule has 2 aliphatic rings. The summed E-state index contributed by atoms with van der Waals surface area (Å²) < 4.78 is 10.3. The SMILES string of the molecule is COC(=O)C1C(=O)COC12CCC(C)C2. The molecule has 4 nitrogen and oxygen atoms in total. The Morgan fingerprint density at radius 1 is 1.60 bits per heavy atom. The molecular formula is C11H16O4. The van der Waals surface area contributed by atoms with Gasteiger partial charge in [0.25, 0.3) is 0 Å². The van der Waals surface area contributed by atoms with Crippen LogP contribution in [0.25, 0.3) is 0 Å². The number of methoxy groups -OCH3 is 1. The van der Waals surface area contributed by atoms with Crippen molar-refractivity contribution in [2.45, 2.75) is 31.8 Å². The number of Topliss-reactive ketones (excluding diaryl/α,β-unsaturated/α-hetero) is 1. The predicted octanol–water partition coefficient (Wildman–Crippen LogP) is 0.934. The van der Waals surface area contributed by atoms with Crippen molar-refractivity contribution in [1.82, 2.24) is 0 Å². The van der Waals surface area contributed by atoms with Crippen LogP contribution >= 0.6 is 0 Å². The molecule has 1 aliphatic heterocycles. The van der Waals surface area contributed by atoms with Gasteiger partial charge in [-0.3, -0.25) is 9.59 Å². The first-order chi connectivity index (χ1) is 7.09. The highest BCUT2D eigenvalue weighted by molar-refractivity contribution is 6.02. The number of hydrogen-bond donors (Lipinski definition) is 0. The first-order valence-corrected chi connectivity index (χ1v) is 5.33. The zero-order chi connectivity index (χ0) is 11.1. The third-order valence-electron chi connectivity index (χ3n) is 3.54. The minimum Gasteiger partial charge on any atom is -0.468 e. The molecule has 2 fully saturated rings. The van der Waals surface area contributed by atoms with E-state index in [0.717, 1.165) is 19.3 Å². The largest absolute Gasteiger partial charge is 0.468 e. The standard InChI is InChI=1S/C11H16O4/c1-7-3-4-11(5-7)9(10(13)14-2)8(12)6-15-11/h7,9H,3-6H2,1-2H3. The summed E-state index contributed by atoms with van der Waals surface area (Å²) in [6, 6.07) is 0. The summed E-state index contributed by atoms with van der Waals surface area (Å²) in [5.41, 5.74) is -0.552. The molecule has 0 aromatic carbocycles. The molecule has 3 unspecified atom stereocenters. The lowest BCUT2D eigenvalue weighted by Gasteiger charge is -2.26. The molecule has 3 atom stereocenters. The van der Waals surface area contributed by atoms with Gasteiger partial charge in [-0.05, 0) is 25.2 Å². The first-order valence-electron chi connectivity index (χ1n) is 5.33. The Morgan fingerprint density at radius 3 is 2.87 bits per heavy atom. The van der Waals surface area contributed by atoms with Gasteiger partial charge in [-0.15, -0.1) is 0 Å². The molecule has 1 saturated heterocycles. The summed E-state index contributed by atoms with van der Waals surface area (Å²) in [5.74, 6) is -0.738. The van der Waals surface area contributed by atoms with E-state index in [1.807, 2.05) is 0 Å². The molecule has 0 amide bonds. The van der Waals surface area contributed by atoms with E-state index < -0.39 is 17.5 Å². The second-order valence-electron chi connectivity index (χ2n) is 4.62. The van der Waals surface area contributed by atoms with E-state index in [-0.39, 0.29) is 12.4 Å². The van der Waals surface area contributed by atoms with Gasteiger partial charge in [-0.1, -0.05) is 6.92 Å². The molecule has 1 spiro atoms. The average Bonchev–Trinajstić information content (AvgIpc) is 2.72. The van der Waals surface area contributed by atoms with Crippen LogP contribution in [0, 0.1) is 11.8 Å². The van der Waals surface area contributed by atoms with Crippen molar-refractivity contribution < 1.29 is 19.1 Å². The quantitative estimate of drug-likeness (QED) is 0.479. The van der Waals surface area contributed by atoms with Crippen molar-refractivity contribution in [2.75, 3.05) is 13.7 Å². The highest BCUT2D eigenvalue weighted by Crippen LogP contribution is 2.46. The average molecular weight is 212 g/mol. The minimum absolute atomic E-state index is 0.0620. The summed E-state index contributed by atoms with van der Waals surface area (Å²) in [6.45, 7) is 2.18. The number of hydrogen-bond acceptors (Lipinski definition) is 4. The van der Waals surface area contributed by atoms with Crippen molar-refractivity contribution in [1.29, 1.82) is 0 Å². The maximum atomic E-state index is 11.6. The lowest BCUT2D eigenvalue weighted by atomic mass is 9.84. The van der Waals surface area contributed by atoms with Gasteiger partial charge >= 0.3 is 5.97 Å². The fourth-order valence-corrected chi connectivity index (χ4v) is 2.82. The Hall–Kier alpha value is -0.900. The van der Waals surface area contributed by atoms with E-state index in [9.17, 15) is 9.59 Å².